The van der Waals surface area contributed by atoms with E-state index >= 15 is 0 Å². The molecule has 2 amide bonds. The van der Waals surface area contributed by atoms with E-state index < -0.39 is 29.9 Å². The Labute approximate surface area is 204 Å². The second-order valence-corrected chi connectivity index (χ2v) is 9.72. The summed E-state index contributed by atoms with van der Waals surface area (Å²) in [5.74, 6) is -1.60. The van der Waals surface area contributed by atoms with E-state index in [1.165, 1.54) is 0 Å². The van der Waals surface area contributed by atoms with E-state index in [1.807, 2.05) is 42.7 Å². The number of thioether (sulfide) groups is 1. The zero-order chi connectivity index (χ0) is 24.7. The van der Waals surface area contributed by atoms with Crippen LogP contribution in [-0.2, 0) is 14.3 Å². The number of carboxylic acids is 1. The molecule has 0 aliphatic heterocycles. The van der Waals surface area contributed by atoms with Crippen LogP contribution in [0.3, 0.4) is 0 Å². The van der Waals surface area contributed by atoms with Crippen molar-refractivity contribution in [3.8, 4) is 11.1 Å². The van der Waals surface area contributed by atoms with Crippen molar-refractivity contribution in [3.63, 3.8) is 0 Å². The molecule has 0 aromatic heterocycles. The van der Waals surface area contributed by atoms with E-state index in [-0.39, 0.29) is 25.0 Å². The number of fused-ring (bicyclic) bond motifs is 3. The van der Waals surface area contributed by atoms with E-state index in [1.54, 1.807) is 25.6 Å². The number of alkyl carbamates (subject to hydrolysis) is 1. The Hall–Kier alpha value is -3.00. The van der Waals surface area contributed by atoms with Gasteiger partial charge in [-0.25, -0.2) is 4.79 Å². The molecule has 7 nitrogen and oxygen atoms in total. The molecule has 2 aromatic rings. The van der Waals surface area contributed by atoms with Gasteiger partial charge in [0.05, 0.1) is 5.92 Å². The fourth-order valence-corrected chi connectivity index (χ4v) is 4.70. The number of hydrogen-bond donors (Lipinski definition) is 3. The molecule has 34 heavy (non-hydrogen) atoms. The molecule has 1 aliphatic rings. The van der Waals surface area contributed by atoms with Crippen LogP contribution in [0.25, 0.3) is 11.1 Å². The number of carbonyl (C=O) groups is 3. The average molecular weight is 485 g/mol. The fraction of sp³-hybridized carbons (Fsp3) is 0.423. The van der Waals surface area contributed by atoms with Crippen LogP contribution in [0.4, 0.5) is 4.79 Å². The van der Waals surface area contributed by atoms with E-state index in [2.05, 4.69) is 22.8 Å². The van der Waals surface area contributed by atoms with Gasteiger partial charge in [0.1, 0.15) is 12.6 Å². The van der Waals surface area contributed by atoms with Crippen LogP contribution < -0.4 is 10.6 Å². The van der Waals surface area contributed by atoms with Gasteiger partial charge in [0, 0.05) is 12.5 Å². The minimum atomic E-state index is -0.958. The maximum absolute atomic E-state index is 12.7. The van der Waals surface area contributed by atoms with Gasteiger partial charge in [-0.15, -0.1) is 0 Å². The van der Waals surface area contributed by atoms with Gasteiger partial charge in [0.25, 0.3) is 0 Å². The lowest BCUT2D eigenvalue weighted by Crippen LogP contribution is -2.49. The van der Waals surface area contributed by atoms with Gasteiger partial charge in [-0.1, -0.05) is 62.4 Å². The van der Waals surface area contributed by atoms with Crippen LogP contribution in [-0.4, -0.2) is 54.3 Å². The molecule has 0 spiro atoms. The Bertz CT molecular complexity index is 980. The number of carbonyl (C=O) groups excluding carboxylic acids is 2. The second-order valence-electron chi connectivity index (χ2n) is 8.74. The third-order valence-corrected chi connectivity index (χ3v) is 6.82. The zero-order valence-electron chi connectivity index (χ0n) is 19.7. The van der Waals surface area contributed by atoms with Gasteiger partial charge in [-0.3, -0.25) is 9.59 Å². The molecule has 2 aromatic carbocycles. The number of carboxylic acid groups (broad SMARTS) is 1. The number of ether oxygens (including phenoxy) is 1. The van der Waals surface area contributed by atoms with Crippen LogP contribution in [0, 0.1) is 11.8 Å². The maximum atomic E-state index is 12.7. The maximum Gasteiger partial charge on any atom is 0.407 e. The highest BCUT2D eigenvalue weighted by atomic mass is 32.2. The van der Waals surface area contributed by atoms with E-state index in [4.69, 9.17) is 4.74 Å². The SMILES string of the molecule is CSCC[C@@H](NC(=O)OCC1c2ccccc2-c2ccccc21)C(=O)NCC(C(=O)O)C(C)C. The molecule has 182 valence electrons. The summed E-state index contributed by atoms with van der Waals surface area (Å²) >= 11 is 1.56. The highest BCUT2D eigenvalue weighted by Gasteiger charge is 2.30. The van der Waals surface area contributed by atoms with Crippen LogP contribution in [0.5, 0.6) is 0 Å². The lowest BCUT2D eigenvalue weighted by molar-refractivity contribution is -0.143. The number of hydrogen-bond acceptors (Lipinski definition) is 5. The average Bonchev–Trinajstić information content (AvgIpc) is 3.13. The first-order chi connectivity index (χ1) is 16.3. The van der Waals surface area contributed by atoms with E-state index in [0.29, 0.717) is 12.2 Å². The molecule has 0 radical (unpaired) electrons. The van der Waals surface area contributed by atoms with Gasteiger partial charge in [0.2, 0.25) is 5.91 Å². The molecule has 0 saturated heterocycles. The van der Waals surface area contributed by atoms with E-state index in [0.717, 1.165) is 22.3 Å². The van der Waals surface area contributed by atoms with Crippen molar-refractivity contribution < 1.29 is 24.2 Å². The molecule has 3 rings (SSSR count). The largest absolute Gasteiger partial charge is 0.481 e. The minimum Gasteiger partial charge on any atom is -0.481 e. The summed E-state index contributed by atoms with van der Waals surface area (Å²) < 4.78 is 5.57. The lowest BCUT2D eigenvalue weighted by Gasteiger charge is -2.21. The number of aliphatic carboxylic acids is 1. The van der Waals surface area contributed by atoms with Gasteiger partial charge in [0.15, 0.2) is 0 Å². The highest BCUT2D eigenvalue weighted by Crippen LogP contribution is 2.44. The normalized spacial score (nSPS) is 14.1. The first-order valence-corrected chi connectivity index (χ1v) is 12.8. The number of rotatable bonds is 11. The monoisotopic (exact) mass is 484 g/mol. The summed E-state index contributed by atoms with van der Waals surface area (Å²) in [6, 6.07) is 15.4. The van der Waals surface area contributed by atoms with Crippen molar-refractivity contribution in [1.29, 1.82) is 0 Å². The van der Waals surface area contributed by atoms with Crippen LogP contribution in [0.1, 0.15) is 37.3 Å². The zero-order valence-corrected chi connectivity index (χ0v) is 20.6. The topological polar surface area (TPSA) is 105 Å². The molecule has 0 saturated carbocycles. The molecule has 0 fully saturated rings. The van der Waals surface area contributed by atoms with Crippen molar-refractivity contribution in [1.82, 2.24) is 10.6 Å². The van der Waals surface area contributed by atoms with Gasteiger partial charge in [-0.2, -0.15) is 11.8 Å². The van der Waals surface area contributed by atoms with Crippen LogP contribution >= 0.6 is 11.8 Å². The smallest absolute Gasteiger partial charge is 0.407 e. The predicted octanol–water partition coefficient (Wildman–Crippen LogP) is 4.12. The summed E-state index contributed by atoms with van der Waals surface area (Å²) in [5, 5.41) is 14.7. The summed E-state index contributed by atoms with van der Waals surface area (Å²) in [4.78, 5) is 36.8. The molecule has 0 heterocycles. The fourth-order valence-electron chi connectivity index (χ4n) is 4.23. The van der Waals surface area contributed by atoms with Crippen molar-refractivity contribution in [2.45, 2.75) is 32.2 Å². The Balaban J connectivity index is 1.62. The Morgan fingerprint density at radius 2 is 1.62 bits per heavy atom. The Morgan fingerprint density at radius 3 is 2.15 bits per heavy atom. The van der Waals surface area contributed by atoms with Crippen molar-refractivity contribution in [3.05, 3.63) is 59.7 Å². The summed E-state index contributed by atoms with van der Waals surface area (Å²) in [7, 11) is 0. The lowest BCUT2D eigenvalue weighted by atomic mass is 9.96. The Kier molecular flexibility index (Phi) is 8.98. The standard InChI is InChI=1S/C26H32N2O5S/c1-16(2)21(25(30)31)14-27-24(29)23(12-13-34-3)28-26(32)33-15-22-19-10-6-4-8-17(19)18-9-5-7-11-20(18)22/h4-11,16,21-23H,12-15H2,1-3H3,(H,27,29)(H,28,32)(H,30,31)/t21?,23-/m1/s1. The summed E-state index contributed by atoms with van der Waals surface area (Å²) in [6.07, 6.45) is 1.67. The van der Waals surface area contributed by atoms with Gasteiger partial charge < -0.3 is 20.5 Å². The second kappa shape index (κ2) is 11.9. The van der Waals surface area contributed by atoms with Crippen LogP contribution in [0.15, 0.2) is 48.5 Å². The molecule has 0 bridgehead atoms. The molecule has 8 heteroatoms. The number of nitrogens with one attached hydrogen (secondary N) is 2. The Morgan fingerprint density at radius 1 is 1.03 bits per heavy atom. The predicted molar refractivity (Wildman–Crippen MR) is 134 cm³/mol. The molecule has 1 aliphatic carbocycles. The number of benzene rings is 2. The highest BCUT2D eigenvalue weighted by molar-refractivity contribution is 7.98. The first kappa shape index (κ1) is 25.6. The van der Waals surface area contributed by atoms with Crippen molar-refractivity contribution in [2.75, 3.05) is 25.2 Å². The van der Waals surface area contributed by atoms with Crippen LogP contribution in [0.2, 0.25) is 0 Å². The molecule has 3 N–H and O–H groups in total. The summed E-state index contributed by atoms with van der Waals surface area (Å²) in [5.41, 5.74) is 4.51. The van der Waals surface area contributed by atoms with Gasteiger partial charge in [-0.05, 0) is 46.6 Å². The first-order valence-electron chi connectivity index (χ1n) is 11.4. The van der Waals surface area contributed by atoms with Crippen molar-refractivity contribution >= 4 is 29.7 Å². The summed E-state index contributed by atoms with van der Waals surface area (Å²) in [6.45, 7) is 3.76. The van der Waals surface area contributed by atoms with Gasteiger partial charge >= 0.3 is 12.1 Å². The molecule has 2 atom stereocenters. The van der Waals surface area contributed by atoms with E-state index in [9.17, 15) is 19.5 Å². The molecule has 1 unspecified atom stereocenters. The van der Waals surface area contributed by atoms with Crippen molar-refractivity contribution in [2.24, 2.45) is 11.8 Å². The quantitative estimate of drug-likeness (QED) is 0.443. The minimum absolute atomic E-state index is 0.00791. The third kappa shape index (κ3) is 6.11. The molecular formula is C26H32N2O5S. The molecular weight excluding hydrogens is 452 g/mol. The number of amides is 2. The third-order valence-electron chi connectivity index (χ3n) is 6.18.